The van der Waals surface area contributed by atoms with Gasteiger partial charge in [-0.25, -0.2) is 0 Å². The fourth-order valence-electron chi connectivity index (χ4n) is 2.41. The average Bonchev–Trinajstić information content (AvgIpc) is 2.38. The number of ether oxygens (including phenoxy) is 1. The van der Waals surface area contributed by atoms with Crippen LogP contribution < -0.4 is 0 Å². The van der Waals surface area contributed by atoms with Crippen LogP contribution in [0.4, 0.5) is 0 Å². The smallest absolute Gasteiger partial charge is 0.0940 e. The number of hydrogen-bond donors (Lipinski definition) is 1. The third-order valence-corrected chi connectivity index (χ3v) is 3.06. The molecule has 2 rings (SSSR count). The number of aliphatic hydroxyl groups is 1. The Morgan fingerprint density at radius 2 is 2.11 bits per heavy atom. The van der Waals surface area contributed by atoms with Gasteiger partial charge < -0.3 is 9.84 Å². The summed E-state index contributed by atoms with van der Waals surface area (Å²) in [5.74, 6) is 6.35. The number of nitrogens with zero attached hydrogens (tertiary/aromatic N) is 1. The van der Waals surface area contributed by atoms with Gasteiger partial charge >= 0.3 is 0 Å². The number of hydrogen-bond acceptors (Lipinski definition) is 3. The molecule has 102 valence electrons. The van der Waals surface area contributed by atoms with Gasteiger partial charge in [0.25, 0.3) is 0 Å². The minimum absolute atomic E-state index is 0.0616. The summed E-state index contributed by atoms with van der Waals surface area (Å²) in [6, 6.07) is 9.98. The van der Waals surface area contributed by atoms with Crippen molar-refractivity contribution in [2.24, 2.45) is 0 Å². The van der Waals surface area contributed by atoms with Crippen molar-refractivity contribution in [2.45, 2.75) is 25.6 Å². The highest BCUT2D eigenvalue weighted by Gasteiger charge is 2.32. The minimum Gasteiger partial charge on any atom is -0.394 e. The highest BCUT2D eigenvalue weighted by atomic mass is 16.5. The van der Waals surface area contributed by atoms with Crippen molar-refractivity contribution in [2.75, 3.05) is 26.2 Å². The highest BCUT2D eigenvalue weighted by molar-refractivity contribution is 5.33. The normalized spacial score (nSPS) is 22.6. The Morgan fingerprint density at radius 1 is 1.37 bits per heavy atom. The molecule has 1 aliphatic rings. The molecule has 3 nitrogen and oxygen atoms in total. The zero-order chi connectivity index (χ0) is 13.7. The summed E-state index contributed by atoms with van der Waals surface area (Å²) in [6.07, 6.45) is -0.109. The zero-order valence-electron chi connectivity index (χ0n) is 11.6. The van der Waals surface area contributed by atoms with Gasteiger partial charge in [-0.3, -0.25) is 4.90 Å². The van der Waals surface area contributed by atoms with E-state index in [0.717, 1.165) is 18.7 Å². The van der Waals surface area contributed by atoms with Crippen LogP contribution >= 0.6 is 0 Å². The highest BCUT2D eigenvalue weighted by Crippen LogP contribution is 2.20. The van der Waals surface area contributed by atoms with E-state index in [0.29, 0.717) is 6.54 Å². The van der Waals surface area contributed by atoms with Gasteiger partial charge in [0, 0.05) is 18.7 Å². The van der Waals surface area contributed by atoms with E-state index in [4.69, 9.17) is 4.74 Å². The zero-order valence-corrected chi connectivity index (χ0v) is 11.6. The predicted molar refractivity (Wildman–Crippen MR) is 75.8 cm³/mol. The Kier molecular flexibility index (Phi) is 4.60. The maximum Gasteiger partial charge on any atom is 0.0940 e. The molecule has 1 atom stereocenters. The Hall–Kier alpha value is -1.34. The average molecular weight is 259 g/mol. The van der Waals surface area contributed by atoms with Crippen LogP contribution in [0.3, 0.4) is 0 Å². The van der Waals surface area contributed by atoms with Crippen LogP contribution in [0.15, 0.2) is 30.3 Å². The summed E-state index contributed by atoms with van der Waals surface area (Å²) in [7, 11) is 0. The monoisotopic (exact) mass is 259 g/mol. The molecule has 0 radical (unpaired) electrons. The lowest BCUT2D eigenvalue weighted by Gasteiger charge is -2.41. The summed E-state index contributed by atoms with van der Waals surface area (Å²) < 4.78 is 5.78. The van der Waals surface area contributed by atoms with Gasteiger partial charge in [0.1, 0.15) is 0 Å². The van der Waals surface area contributed by atoms with E-state index in [1.54, 1.807) is 0 Å². The van der Waals surface area contributed by atoms with Crippen LogP contribution in [0.1, 0.15) is 19.4 Å². The van der Waals surface area contributed by atoms with Gasteiger partial charge in [-0.2, -0.15) is 0 Å². The molecule has 0 bridgehead atoms. The van der Waals surface area contributed by atoms with Crippen LogP contribution in [-0.4, -0.2) is 48.0 Å². The van der Waals surface area contributed by atoms with Crippen molar-refractivity contribution in [1.29, 1.82) is 0 Å². The van der Waals surface area contributed by atoms with Crippen molar-refractivity contribution in [1.82, 2.24) is 4.90 Å². The number of rotatable bonds is 2. The molecule has 1 aliphatic heterocycles. The predicted octanol–water partition coefficient (Wildman–Crippen LogP) is 1.51. The van der Waals surface area contributed by atoms with Gasteiger partial charge in [-0.15, -0.1) is 0 Å². The second-order valence-electron chi connectivity index (χ2n) is 5.52. The van der Waals surface area contributed by atoms with Gasteiger partial charge in [-0.1, -0.05) is 30.0 Å². The van der Waals surface area contributed by atoms with Gasteiger partial charge in [0.05, 0.1) is 24.9 Å². The molecule has 1 aromatic carbocycles. The topological polar surface area (TPSA) is 32.7 Å². The van der Waals surface area contributed by atoms with Crippen LogP contribution in [0.25, 0.3) is 0 Å². The fourth-order valence-corrected chi connectivity index (χ4v) is 2.41. The molecule has 1 N–H and O–H groups in total. The fraction of sp³-hybridized carbons (Fsp3) is 0.500. The van der Waals surface area contributed by atoms with Crippen molar-refractivity contribution in [3.05, 3.63) is 35.9 Å². The van der Waals surface area contributed by atoms with Crippen molar-refractivity contribution in [3.8, 4) is 11.8 Å². The Labute approximate surface area is 115 Å². The molecular formula is C16H21NO2. The van der Waals surface area contributed by atoms with Crippen LogP contribution in [0.2, 0.25) is 0 Å². The van der Waals surface area contributed by atoms with Gasteiger partial charge in [0.15, 0.2) is 0 Å². The molecule has 1 aromatic rings. The first-order chi connectivity index (χ1) is 9.09. The summed E-state index contributed by atoms with van der Waals surface area (Å²) >= 11 is 0. The molecule has 3 heteroatoms. The summed E-state index contributed by atoms with van der Waals surface area (Å²) in [5.41, 5.74) is 0.814. The number of aliphatic hydroxyl groups excluding tert-OH is 1. The van der Waals surface area contributed by atoms with Crippen LogP contribution in [-0.2, 0) is 4.74 Å². The molecule has 0 amide bonds. The lowest BCUT2D eigenvalue weighted by Crippen LogP contribution is -2.53. The summed E-state index contributed by atoms with van der Waals surface area (Å²) in [5, 5.41) is 9.26. The lowest BCUT2D eigenvalue weighted by atomic mass is 10.1. The minimum atomic E-state index is -0.222. The first-order valence-corrected chi connectivity index (χ1v) is 6.64. The van der Waals surface area contributed by atoms with Crippen molar-refractivity contribution >= 4 is 0 Å². The second kappa shape index (κ2) is 6.21. The van der Waals surface area contributed by atoms with Crippen LogP contribution in [0, 0.1) is 11.8 Å². The third kappa shape index (κ3) is 4.36. The molecular weight excluding hydrogens is 238 g/mol. The summed E-state index contributed by atoms with van der Waals surface area (Å²) in [4.78, 5) is 2.24. The van der Waals surface area contributed by atoms with Crippen LogP contribution in [0.5, 0.6) is 0 Å². The van der Waals surface area contributed by atoms with E-state index in [1.165, 1.54) is 0 Å². The lowest BCUT2D eigenvalue weighted by molar-refractivity contribution is -0.146. The van der Waals surface area contributed by atoms with E-state index < -0.39 is 0 Å². The molecule has 1 fully saturated rings. The molecule has 0 aromatic heterocycles. The number of morpholine rings is 1. The third-order valence-electron chi connectivity index (χ3n) is 3.06. The van der Waals surface area contributed by atoms with E-state index in [2.05, 4.69) is 16.7 Å². The Bertz CT molecular complexity index is 459. The van der Waals surface area contributed by atoms with Crippen molar-refractivity contribution in [3.63, 3.8) is 0 Å². The quantitative estimate of drug-likeness (QED) is 0.817. The molecule has 1 saturated heterocycles. The van der Waals surface area contributed by atoms with Crippen molar-refractivity contribution < 1.29 is 9.84 Å². The maximum absolute atomic E-state index is 9.26. The summed E-state index contributed by atoms with van der Waals surface area (Å²) in [6.45, 7) is 6.44. The first kappa shape index (κ1) is 14.1. The van der Waals surface area contributed by atoms with Gasteiger partial charge in [-0.05, 0) is 26.0 Å². The largest absolute Gasteiger partial charge is 0.394 e. The SMILES string of the molecule is CC1(C)CN(CC#Cc2ccccc2)CC(CO)O1. The molecule has 0 aliphatic carbocycles. The van der Waals surface area contributed by atoms with E-state index in [1.807, 2.05) is 44.2 Å². The molecule has 19 heavy (non-hydrogen) atoms. The standard InChI is InChI=1S/C16H21NO2/c1-16(2)13-17(11-15(12-18)19-16)10-6-9-14-7-4-3-5-8-14/h3-5,7-8,15,18H,10-13H2,1-2H3. The maximum atomic E-state index is 9.26. The van der Waals surface area contributed by atoms with Gasteiger partial charge in [0.2, 0.25) is 0 Å². The van der Waals surface area contributed by atoms with E-state index in [-0.39, 0.29) is 18.3 Å². The molecule has 0 spiro atoms. The molecule has 0 saturated carbocycles. The number of benzene rings is 1. The van der Waals surface area contributed by atoms with E-state index in [9.17, 15) is 5.11 Å². The Balaban J connectivity index is 1.94. The molecule has 1 heterocycles. The Morgan fingerprint density at radius 3 is 2.79 bits per heavy atom. The second-order valence-corrected chi connectivity index (χ2v) is 5.52. The first-order valence-electron chi connectivity index (χ1n) is 6.64. The van der Waals surface area contributed by atoms with E-state index >= 15 is 0 Å². The molecule has 1 unspecified atom stereocenters.